The molecule has 0 spiro atoms. The lowest BCUT2D eigenvalue weighted by atomic mass is 10.1. The standard InChI is InChI=1S/C15H15N3O2/c16-8-11-3-4-14(13-2-1-5-17-15(11)13)18-6-7-20-12(9-18)10-19/h1-5,12,19H,6-7,9-10H2. The summed E-state index contributed by atoms with van der Waals surface area (Å²) in [6.07, 6.45) is 1.54. The van der Waals surface area contributed by atoms with E-state index < -0.39 is 0 Å². The molecule has 1 aromatic heterocycles. The molecule has 2 heterocycles. The van der Waals surface area contributed by atoms with E-state index in [1.165, 1.54) is 0 Å². The van der Waals surface area contributed by atoms with E-state index in [2.05, 4.69) is 16.0 Å². The number of nitrogens with zero attached hydrogens (tertiary/aromatic N) is 3. The lowest BCUT2D eigenvalue weighted by Gasteiger charge is -2.34. The summed E-state index contributed by atoms with van der Waals surface area (Å²) in [6, 6.07) is 9.77. The number of nitriles is 1. The predicted molar refractivity (Wildman–Crippen MR) is 75.5 cm³/mol. The highest BCUT2D eigenvalue weighted by atomic mass is 16.5. The molecule has 0 amide bonds. The number of aromatic nitrogens is 1. The van der Waals surface area contributed by atoms with Gasteiger partial charge >= 0.3 is 0 Å². The Morgan fingerprint density at radius 2 is 2.35 bits per heavy atom. The minimum absolute atomic E-state index is 0.0168. The molecule has 5 nitrogen and oxygen atoms in total. The average Bonchev–Trinajstić information content (AvgIpc) is 2.54. The molecule has 1 unspecified atom stereocenters. The molecule has 1 aliphatic heterocycles. The molecule has 102 valence electrons. The Bertz CT molecular complexity index is 666. The summed E-state index contributed by atoms with van der Waals surface area (Å²) in [4.78, 5) is 6.49. The maximum absolute atomic E-state index is 9.24. The highest BCUT2D eigenvalue weighted by Gasteiger charge is 2.21. The van der Waals surface area contributed by atoms with Crippen molar-refractivity contribution in [2.45, 2.75) is 6.10 Å². The van der Waals surface area contributed by atoms with Crippen LogP contribution in [0.3, 0.4) is 0 Å². The quantitative estimate of drug-likeness (QED) is 0.890. The van der Waals surface area contributed by atoms with Gasteiger partial charge in [0.2, 0.25) is 0 Å². The van der Waals surface area contributed by atoms with Crippen molar-refractivity contribution in [1.82, 2.24) is 4.98 Å². The van der Waals surface area contributed by atoms with Crippen LogP contribution in [0.4, 0.5) is 5.69 Å². The monoisotopic (exact) mass is 269 g/mol. The summed E-state index contributed by atoms with van der Waals surface area (Å²) in [5, 5.41) is 19.4. The van der Waals surface area contributed by atoms with Gasteiger partial charge in [-0.15, -0.1) is 0 Å². The maximum Gasteiger partial charge on any atom is 0.101 e. The molecule has 5 heteroatoms. The van der Waals surface area contributed by atoms with Crippen LogP contribution in [-0.2, 0) is 4.74 Å². The topological polar surface area (TPSA) is 69.4 Å². The van der Waals surface area contributed by atoms with Gasteiger partial charge in [0, 0.05) is 30.4 Å². The van der Waals surface area contributed by atoms with Gasteiger partial charge in [-0.1, -0.05) is 0 Å². The smallest absolute Gasteiger partial charge is 0.101 e. The number of fused-ring (bicyclic) bond motifs is 1. The number of ether oxygens (including phenoxy) is 1. The van der Waals surface area contributed by atoms with Gasteiger partial charge in [-0.3, -0.25) is 4.98 Å². The zero-order valence-corrected chi connectivity index (χ0v) is 11.0. The van der Waals surface area contributed by atoms with Gasteiger partial charge in [-0.25, -0.2) is 0 Å². The van der Waals surface area contributed by atoms with Crippen molar-refractivity contribution in [3.8, 4) is 6.07 Å². The molecule has 1 saturated heterocycles. The fourth-order valence-corrected chi connectivity index (χ4v) is 2.57. The molecular weight excluding hydrogens is 254 g/mol. The minimum Gasteiger partial charge on any atom is -0.394 e. The van der Waals surface area contributed by atoms with E-state index >= 15 is 0 Å². The van der Waals surface area contributed by atoms with E-state index in [0.717, 1.165) is 23.1 Å². The van der Waals surface area contributed by atoms with Crippen LogP contribution < -0.4 is 4.90 Å². The van der Waals surface area contributed by atoms with Gasteiger partial charge < -0.3 is 14.7 Å². The zero-order chi connectivity index (χ0) is 13.9. The van der Waals surface area contributed by atoms with E-state index in [0.29, 0.717) is 18.7 Å². The third-order valence-corrected chi connectivity index (χ3v) is 3.55. The van der Waals surface area contributed by atoms with Crippen molar-refractivity contribution >= 4 is 16.6 Å². The lowest BCUT2D eigenvalue weighted by Crippen LogP contribution is -2.44. The van der Waals surface area contributed by atoms with Crippen molar-refractivity contribution in [2.24, 2.45) is 0 Å². The molecule has 0 saturated carbocycles. The number of rotatable bonds is 2. The van der Waals surface area contributed by atoms with E-state index in [9.17, 15) is 5.11 Å². The number of hydrogen-bond donors (Lipinski definition) is 1. The Balaban J connectivity index is 2.06. The number of hydrogen-bond acceptors (Lipinski definition) is 5. The minimum atomic E-state index is -0.161. The molecule has 2 aromatic rings. The summed E-state index contributed by atoms with van der Waals surface area (Å²) < 4.78 is 5.48. The predicted octanol–water partition coefficient (Wildman–Crippen LogP) is 1.30. The first-order chi connectivity index (χ1) is 9.83. The summed E-state index contributed by atoms with van der Waals surface area (Å²) in [5.74, 6) is 0. The zero-order valence-electron chi connectivity index (χ0n) is 11.0. The first kappa shape index (κ1) is 12.9. The highest BCUT2D eigenvalue weighted by molar-refractivity contribution is 5.95. The highest BCUT2D eigenvalue weighted by Crippen LogP contribution is 2.29. The summed E-state index contributed by atoms with van der Waals surface area (Å²) in [7, 11) is 0. The Morgan fingerprint density at radius 1 is 1.45 bits per heavy atom. The summed E-state index contributed by atoms with van der Waals surface area (Å²) >= 11 is 0. The van der Waals surface area contributed by atoms with Crippen LogP contribution >= 0.6 is 0 Å². The molecule has 1 atom stereocenters. The van der Waals surface area contributed by atoms with Crippen LogP contribution in [0, 0.1) is 11.3 Å². The van der Waals surface area contributed by atoms with Crippen LogP contribution in [0.15, 0.2) is 30.5 Å². The number of benzene rings is 1. The molecule has 0 bridgehead atoms. The maximum atomic E-state index is 9.24. The molecular formula is C15H15N3O2. The van der Waals surface area contributed by atoms with Crippen molar-refractivity contribution < 1.29 is 9.84 Å². The number of anilines is 1. The van der Waals surface area contributed by atoms with E-state index in [1.54, 1.807) is 12.3 Å². The number of aliphatic hydroxyl groups is 1. The Kier molecular flexibility index (Phi) is 3.50. The fourth-order valence-electron chi connectivity index (χ4n) is 2.57. The van der Waals surface area contributed by atoms with E-state index in [4.69, 9.17) is 10.00 Å². The molecule has 3 rings (SSSR count). The molecule has 1 fully saturated rings. The van der Waals surface area contributed by atoms with Gasteiger partial charge in [-0.05, 0) is 24.3 Å². The second-order valence-corrected chi connectivity index (χ2v) is 4.77. The van der Waals surface area contributed by atoms with Crippen molar-refractivity contribution in [2.75, 3.05) is 31.2 Å². The molecule has 1 aromatic carbocycles. The Hall–Kier alpha value is -2.16. The van der Waals surface area contributed by atoms with Crippen LogP contribution in [0.1, 0.15) is 5.56 Å². The molecule has 20 heavy (non-hydrogen) atoms. The number of morpholine rings is 1. The van der Waals surface area contributed by atoms with E-state index in [1.807, 2.05) is 18.2 Å². The first-order valence-corrected chi connectivity index (χ1v) is 6.58. The molecule has 1 N–H and O–H groups in total. The van der Waals surface area contributed by atoms with Crippen molar-refractivity contribution in [3.05, 3.63) is 36.0 Å². The van der Waals surface area contributed by atoms with Gasteiger partial charge in [0.05, 0.1) is 30.4 Å². The van der Waals surface area contributed by atoms with Crippen LogP contribution in [0.5, 0.6) is 0 Å². The lowest BCUT2D eigenvalue weighted by molar-refractivity contribution is 0.00364. The second-order valence-electron chi connectivity index (χ2n) is 4.77. The number of aliphatic hydroxyl groups excluding tert-OH is 1. The van der Waals surface area contributed by atoms with Gasteiger partial charge in [0.15, 0.2) is 0 Å². The first-order valence-electron chi connectivity index (χ1n) is 6.58. The third kappa shape index (κ3) is 2.20. The summed E-state index contributed by atoms with van der Waals surface area (Å²) in [5.41, 5.74) is 2.34. The average molecular weight is 269 g/mol. The third-order valence-electron chi connectivity index (χ3n) is 3.55. The molecule has 0 aliphatic carbocycles. The number of pyridine rings is 1. The molecule has 0 radical (unpaired) electrons. The molecule has 1 aliphatic rings. The van der Waals surface area contributed by atoms with Crippen LogP contribution in [0.2, 0.25) is 0 Å². The second kappa shape index (κ2) is 5.45. The van der Waals surface area contributed by atoms with Gasteiger partial charge in [0.1, 0.15) is 6.07 Å². The Morgan fingerprint density at radius 3 is 3.15 bits per heavy atom. The van der Waals surface area contributed by atoms with Crippen molar-refractivity contribution in [3.63, 3.8) is 0 Å². The van der Waals surface area contributed by atoms with Gasteiger partial charge in [-0.2, -0.15) is 5.26 Å². The van der Waals surface area contributed by atoms with Crippen LogP contribution in [0.25, 0.3) is 10.9 Å². The SMILES string of the molecule is N#Cc1ccc(N2CCOC(CO)C2)c2cccnc12. The van der Waals surface area contributed by atoms with Crippen molar-refractivity contribution in [1.29, 1.82) is 5.26 Å². The summed E-state index contributed by atoms with van der Waals surface area (Å²) in [6.45, 7) is 2.02. The largest absolute Gasteiger partial charge is 0.394 e. The van der Waals surface area contributed by atoms with E-state index in [-0.39, 0.29) is 12.7 Å². The fraction of sp³-hybridized carbons (Fsp3) is 0.333. The normalized spacial score (nSPS) is 19.0. The van der Waals surface area contributed by atoms with Gasteiger partial charge in [0.25, 0.3) is 0 Å². The van der Waals surface area contributed by atoms with Crippen LogP contribution in [-0.4, -0.2) is 42.5 Å². The Labute approximate surface area is 117 Å².